The number of rotatable bonds is 7. The molecule has 0 saturated heterocycles. The van der Waals surface area contributed by atoms with Crippen LogP contribution in [0.4, 0.5) is 5.95 Å². The van der Waals surface area contributed by atoms with Crippen molar-refractivity contribution < 1.29 is 4.74 Å². The average Bonchev–Trinajstić information content (AvgIpc) is 2.99. The predicted molar refractivity (Wildman–Crippen MR) is 78.6 cm³/mol. The van der Waals surface area contributed by atoms with Gasteiger partial charge in [-0.2, -0.15) is 0 Å². The Kier molecular flexibility index (Phi) is 5.25. The molecule has 19 heavy (non-hydrogen) atoms. The molecule has 0 radical (unpaired) electrons. The van der Waals surface area contributed by atoms with E-state index in [1.807, 2.05) is 6.92 Å². The summed E-state index contributed by atoms with van der Waals surface area (Å²) in [6.45, 7) is 5.94. The highest BCUT2D eigenvalue weighted by Crippen LogP contribution is 2.27. The Labute approximate surface area is 116 Å². The van der Waals surface area contributed by atoms with Gasteiger partial charge in [0.25, 0.3) is 0 Å². The van der Waals surface area contributed by atoms with E-state index in [1.54, 1.807) is 7.11 Å². The molecule has 4 nitrogen and oxygen atoms in total. The summed E-state index contributed by atoms with van der Waals surface area (Å²) in [6.07, 6.45) is 9.03. The molecular weight excluding hydrogens is 238 g/mol. The molecule has 0 spiro atoms. The SMILES string of the molecule is COCC(C)n1cc(C)nc1NCCC1CCCC1. The molecule has 0 bridgehead atoms. The number of imidazole rings is 1. The minimum Gasteiger partial charge on any atom is -0.383 e. The van der Waals surface area contributed by atoms with Crippen LogP contribution < -0.4 is 5.32 Å². The molecule has 1 aromatic rings. The van der Waals surface area contributed by atoms with Gasteiger partial charge in [-0.1, -0.05) is 25.7 Å². The van der Waals surface area contributed by atoms with Crippen LogP contribution in [0.5, 0.6) is 0 Å². The molecule has 0 amide bonds. The van der Waals surface area contributed by atoms with Gasteiger partial charge in [-0.25, -0.2) is 4.98 Å². The van der Waals surface area contributed by atoms with Crippen LogP contribution in [0.1, 0.15) is 50.8 Å². The van der Waals surface area contributed by atoms with Crippen LogP contribution in [0.25, 0.3) is 0 Å². The van der Waals surface area contributed by atoms with Crippen molar-refractivity contribution in [1.82, 2.24) is 9.55 Å². The van der Waals surface area contributed by atoms with Crippen molar-refractivity contribution in [3.05, 3.63) is 11.9 Å². The van der Waals surface area contributed by atoms with Crippen LogP contribution in [-0.4, -0.2) is 29.8 Å². The maximum Gasteiger partial charge on any atom is 0.203 e. The van der Waals surface area contributed by atoms with Crippen molar-refractivity contribution >= 4 is 5.95 Å². The Hall–Kier alpha value is -1.03. The van der Waals surface area contributed by atoms with E-state index >= 15 is 0 Å². The lowest BCUT2D eigenvalue weighted by Gasteiger charge is -2.17. The molecule has 0 aromatic carbocycles. The van der Waals surface area contributed by atoms with E-state index < -0.39 is 0 Å². The summed E-state index contributed by atoms with van der Waals surface area (Å²) in [5.74, 6) is 1.91. The van der Waals surface area contributed by atoms with E-state index in [2.05, 4.69) is 28.0 Å². The number of anilines is 1. The van der Waals surface area contributed by atoms with Gasteiger partial charge in [0.1, 0.15) is 0 Å². The zero-order valence-corrected chi connectivity index (χ0v) is 12.5. The van der Waals surface area contributed by atoms with Gasteiger partial charge in [0.05, 0.1) is 18.3 Å². The molecule has 1 fully saturated rings. The molecular formula is C15H27N3O. The molecule has 1 N–H and O–H groups in total. The van der Waals surface area contributed by atoms with Gasteiger partial charge in [-0.05, 0) is 26.2 Å². The third-order valence-corrected chi connectivity index (χ3v) is 4.05. The van der Waals surface area contributed by atoms with Crippen LogP contribution in [0, 0.1) is 12.8 Å². The fraction of sp³-hybridized carbons (Fsp3) is 0.800. The Morgan fingerprint density at radius 1 is 1.47 bits per heavy atom. The van der Waals surface area contributed by atoms with Crippen molar-refractivity contribution in [2.75, 3.05) is 25.6 Å². The molecule has 1 aliphatic rings. The molecule has 1 atom stereocenters. The van der Waals surface area contributed by atoms with E-state index in [-0.39, 0.29) is 0 Å². The zero-order chi connectivity index (χ0) is 13.7. The quantitative estimate of drug-likeness (QED) is 0.821. The first kappa shape index (κ1) is 14.4. The van der Waals surface area contributed by atoms with E-state index in [0.29, 0.717) is 12.6 Å². The van der Waals surface area contributed by atoms with Crippen LogP contribution >= 0.6 is 0 Å². The van der Waals surface area contributed by atoms with Crippen molar-refractivity contribution in [2.24, 2.45) is 5.92 Å². The highest BCUT2D eigenvalue weighted by atomic mass is 16.5. The van der Waals surface area contributed by atoms with Crippen LogP contribution in [-0.2, 0) is 4.74 Å². The maximum atomic E-state index is 5.23. The first-order chi connectivity index (χ1) is 9.20. The molecule has 108 valence electrons. The normalized spacial score (nSPS) is 17.8. The number of ether oxygens (including phenoxy) is 1. The fourth-order valence-electron chi connectivity index (χ4n) is 2.99. The summed E-state index contributed by atoms with van der Waals surface area (Å²) in [6, 6.07) is 0.320. The van der Waals surface area contributed by atoms with E-state index in [0.717, 1.165) is 24.1 Å². The van der Waals surface area contributed by atoms with Crippen molar-refractivity contribution in [3.63, 3.8) is 0 Å². The number of nitrogens with zero attached hydrogens (tertiary/aromatic N) is 2. The lowest BCUT2D eigenvalue weighted by Crippen LogP contribution is -2.16. The summed E-state index contributed by atoms with van der Waals surface area (Å²) in [5.41, 5.74) is 1.06. The van der Waals surface area contributed by atoms with Gasteiger partial charge in [-0.3, -0.25) is 0 Å². The lowest BCUT2D eigenvalue weighted by molar-refractivity contribution is 0.163. The van der Waals surface area contributed by atoms with E-state index in [4.69, 9.17) is 4.74 Å². The third-order valence-electron chi connectivity index (χ3n) is 4.05. The number of aromatic nitrogens is 2. The van der Waals surface area contributed by atoms with Crippen LogP contribution in [0.3, 0.4) is 0 Å². The van der Waals surface area contributed by atoms with E-state index in [9.17, 15) is 0 Å². The van der Waals surface area contributed by atoms with Gasteiger partial charge in [-0.15, -0.1) is 0 Å². The molecule has 4 heteroatoms. The summed E-state index contributed by atoms with van der Waals surface area (Å²) in [4.78, 5) is 4.57. The summed E-state index contributed by atoms with van der Waals surface area (Å²) < 4.78 is 7.42. The Morgan fingerprint density at radius 3 is 2.89 bits per heavy atom. The van der Waals surface area contributed by atoms with Gasteiger partial charge >= 0.3 is 0 Å². The second kappa shape index (κ2) is 6.94. The van der Waals surface area contributed by atoms with Gasteiger partial charge in [0.2, 0.25) is 5.95 Å². The summed E-state index contributed by atoms with van der Waals surface area (Å²) in [7, 11) is 1.74. The van der Waals surface area contributed by atoms with Gasteiger partial charge in [0.15, 0.2) is 0 Å². The Bertz CT molecular complexity index is 383. The minimum absolute atomic E-state index is 0.320. The maximum absolute atomic E-state index is 5.23. The third kappa shape index (κ3) is 3.96. The molecule has 0 aliphatic heterocycles. The fourth-order valence-corrected chi connectivity index (χ4v) is 2.99. The number of hydrogen-bond donors (Lipinski definition) is 1. The second-order valence-corrected chi connectivity index (χ2v) is 5.78. The lowest BCUT2D eigenvalue weighted by atomic mass is 10.0. The van der Waals surface area contributed by atoms with Crippen molar-refractivity contribution in [1.29, 1.82) is 0 Å². The molecule has 1 aromatic heterocycles. The highest BCUT2D eigenvalue weighted by molar-refractivity contribution is 5.29. The predicted octanol–water partition coefficient (Wildman–Crippen LogP) is 3.39. The summed E-state index contributed by atoms with van der Waals surface area (Å²) in [5, 5.41) is 3.50. The van der Waals surface area contributed by atoms with Crippen molar-refractivity contribution in [3.8, 4) is 0 Å². The smallest absolute Gasteiger partial charge is 0.203 e. The number of aryl methyl sites for hydroxylation is 1. The second-order valence-electron chi connectivity index (χ2n) is 5.78. The van der Waals surface area contributed by atoms with Crippen LogP contribution in [0.15, 0.2) is 6.20 Å². The molecule has 1 heterocycles. The monoisotopic (exact) mass is 265 g/mol. The largest absolute Gasteiger partial charge is 0.383 e. The Morgan fingerprint density at radius 2 is 2.21 bits per heavy atom. The van der Waals surface area contributed by atoms with Gasteiger partial charge in [0, 0.05) is 19.9 Å². The average molecular weight is 265 g/mol. The van der Waals surface area contributed by atoms with E-state index in [1.165, 1.54) is 32.1 Å². The first-order valence-electron chi connectivity index (χ1n) is 7.49. The number of hydrogen-bond acceptors (Lipinski definition) is 3. The minimum atomic E-state index is 0.320. The topological polar surface area (TPSA) is 39.1 Å². The molecule has 1 aliphatic carbocycles. The molecule has 1 unspecified atom stereocenters. The Balaban J connectivity index is 1.87. The van der Waals surface area contributed by atoms with Crippen LogP contribution in [0.2, 0.25) is 0 Å². The molecule has 1 saturated carbocycles. The first-order valence-corrected chi connectivity index (χ1v) is 7.49. The standard InChI is InChI=1S/C15H27N3O/c1-12-10-18(13(2)11-19-3)15(17-12)16-9-8-14-6-4-5-7-14/h10,13-14H,4-9,11H2,1-3H3,(H,16,17). The number of methoxy groups -OCH3 is 1. The zero-order valence-electron chi connectivity index (χ0n) is 12.5. The summed E-state index contributed by atoms with van der Waals surface area (Å²) >= 11 is 0. The highest BCUT2D eigenvalue weighted by Gasteiger charge is 2.15. The molecule has 2 rings (SSSR count). The van der Waals surface area contributed by atoms with Gasteiger partial charge < -0.3 is 14.6 Å². The number of nitrogens with one attached hydrogen (secondary N) is 1. The van der Waals surface area contributed by atoms with Crippen molar-refractivity contribution in [2.45, 2.75) is 52.0 Å².